The van der Waals surface area contributed by atoms with E-state index in [1.807, 2.05) is 24.3 Å². The SMILES string of the molecule is O=S(=O)(N=C(NNS(=O)(=O)c1ccc2ccccc2c1)c1ccccc1)c1ccccc1. The van der Waals surface area contributed by atoms with Crippen LogP contribution in [0.2, 0.25) is 0 Å². The average molecular weight is 466 g/mol. The van der Waals surface area contributed by atoms with Crippen LogP contribution in [0.4, 0.5) is 0 Å². The topological polar surface area (TPSA) is 105 Å². The fraction of sp³-hybridized carbons (Fsp3) is 0. The highest BCUT2D eigenvalue weighted by atomic mass is 32.2. The van der Waals surface area contributed by atoms with E-state index in [1.54, 1.807) is 60.7 Å². The monoisotopic (exact) mass is 465 g/mol. The second-order valence-electron chi connectivity index (χ2n) is 6.83. The van der Waals surface area contributed by atoms with Gasteiger partial charge in [0.1, 0.15) is 0 Å². The predicted octanol–water partition coefficient (Wildman–Crippen LogP) is 3.46. The number of nitrogens with zero attached hydrogens (tertiary/aromatic N) is 1. The molecule has 4 aromatic rings. The molecule has 0 heterocycles. The van der Waals surface area contributed by atoms with Crippen LogP contribution in [0.25, 0.3) is 10.8 Å². The maximum Gasteiger partial charge on any atom is 0.284 e. The van der Waals surface area contributed by atoms with Crippen LogP contribution in [0, 0.1) is 0 Å². The average Bonchev–Trinajstić information content (AvgIpc) is 2.82. The summed E-state index contributed by atoms with van der Waals surface area (Å²) in [7, 11) is -8.09. The van der Waals surface area contributed by atoms with Gasteiger partial charge in [-0.05, 0) is 35.0 Å². The maximum absolute atomic E-state index is 12.9. The Morgan fingerprint density at radius 3 is 1.91 bits per heavy atom. The minimum atomic E-state index is -4.08. The van der Waals surface area contributed by atoms with E-state index < -0.39 is 20.0 Å². The van der Waals surface area contributed by atoms with Crippen LogP contribution < -0.4 is 10.3 Å². The molecule has 0 aromatic heterocycles. The number of hydrazine groups is 1. The molecular weight excluding hydrogens is 446 g/mol. The van der Waals surface area contributed by atoms with Gasteiger partial charge in [0.05, 0.1) is 9.79 Å². The molecule has 0 radical (unpaired) electrons. The van der Waals surface area contributed by atoms with Crippen molar-refractivity contribution in [2.45, 2.75) is 9.79 Å². The van der Waals surface area contributed by atoms with E-state index in [0.29, 0.717) is 5.56 Å². The number of nitrogens with one attached hydrogen (secondary N) is 2. The summed E-state index contributed by atoms with van der Waals surface area (Å²) in [6.07, 6.45) is 0. The zero-order valence-corrected chi connectivity index (χ0v) is 18.3. The van der Waals surface area contributed by atoms with Gasteiger partial charge in [-0.2, -0.15) is 8.42 Å². The summed E-state index contributed by atoms with van der Waals surface area (Å²) in [5, 5.41) is 1.67. The minimum absolute atomic E-state index is 0.00684. The molecule has 0 bridgehead atoms. The van der Waals surface area contributed by atoms with Crippen molar-refractivity contribution in [2.24, 2.45) is 4.40 Å². The number of fused-ring (bicyclic) bond motifs is 1. The lowest BCUT2D eigenvalue weighted by atomic mass is 10.1. The second kappa shape index (κ2) is 8.91. The summed E-state index contributed by atoms with van der Waals surface area (Å²) in [5.74, 6) is -0.154. The molecule has 162 valence electrons. The van der Waals surface area contributed by atoms with Gasteiger partial charge in [0.15, 0.2) is 5.84 Å². The number of hydrogen-bond acceptors (Lipinski definition) is 4. The predicted molar refractivity (Wildman–Crippen MR) is 124 cm³/mol. The molecule has 9 heteroatoms. The van der Waals surface area contributed by atoms with Gasteiger partial charge in [-0.15, -0.1) is 9.23 Å². The largest absolute Gasteiger partial charge is 0.291 e. The molecule has 0 aliphatic heterocycles. The van der Waals surface area contributed by atoms with Gasteiger partial charge < -0.3 is 0 Å². The lowest BCUT2D eigenvalue weighted by Crippen LogP contribution is -2.42. The molecule has 0 unspecified atom stereocenters. The summed E-state index contributed by atoms with van der Waals surface area (Å²) in [6.45, 7) is 0. The van der Waals surface area contributed by atoms with Crippen molar-refractivity contribution in [1.82, 2.24) is 10.3 Å². The van der Waals surface area contributed by atoms with Crippen LogP contribution in [-0.2, 0) is 20.0 Å². The van der Waals surface area contributed by atoms with Crippen molar-refractivity contribution in [3.05, 3.63) is 109 Å². The Morgan fingerprint density at radius 2 is 1.22 bits per heavy atom. The zero-order valence-electron chi connectivity index (χ0n) is 16.7. The summed E-state index contributed by atoms with van der Waals surface area (Å²) in [4.78, 5) is 2.26. The molecule has 0 spiro atoms. The lowest BCUT2D eigenvalue weighted by Gasteiger charge is -2.13. The molecule has 7 nitrogen and oxygen atoms in total. The summed E-state index contributed by atoms with van der Waals surface area (Å²) < 4.78 is 55.1. The molecule has 0 aliphatic rings. The summed E-state index contributed by atoms with van der Waals surface area (Å²) in [6, 6.07) is 28.2. The molecular formula is C23H19N3O4S2. The van der Waals surface area contributed by atoms with Gasteiger partial charge in [-0.1, -0.05) is 78.9 Å². The van der Waals surface area contributed by atoms with Crippen LogP contribution in [0.5, 0.6) is 0 Å². The number of rotatable bonds is 6. The van der Waals surface area contributed by atoms with E-state index in [-0.39, 0.29) is 15.6 Å². The van der Waals surface area contributed by atoms with Gasteiger partial charge >= 0.3 is 0 Å². The highest BCUT2D eigenvalue weighted by molar-refractivity contribution is 7.90. The summed E-state index contributed by atoms with van der Waals surface area (Å²) in [5.41, 5.74) is 2.88. The standard InChI is InChI=1S/C23H19N3O4S2/c27-31(28,21-13-5-2-6-14-21)25-23(19-10-3-1-4-11-19)24-26-32(29,30)22-16-15-18-9-7-8-12-20(18)17-22/h1-17,26H,(H,24,25). The van der Waals surface area contributed by atoms with Gasteiger partial charge in [-0.3, -0.25) is 5.43 Å². The van der Waals surface area contributed by atoms with Crippen LogP contribution in [0.1, 0.15) is 5.56 Å². The van der Waals surface area contributed by atoms with E-state index in [0.717, 1.165) is 10.8 Å². The Morgan fingerprint density at radius 1 is 0.625 bits per heavy atom. The van der Waals surface area contributed by atoms with Crippen LogP contribution in [0.3, 0.4) is 0 Å². The molecule has 0 fully saturated rings. The third kappa shape index (κ3) is 4.86. The van der Waals surface area contributed by atoms with Crippen LogP contribution in [0.15, 0.2) is 117 Å². The molecule has 32 heavy (non-hydrogen) atoms. The summed E-state index contributed by atoms with van der Waals surface area (Å²) >= 11 is 0. The third-order valence-corrected chi connectivity index (χ3v) is 7.17. The molecule has 0 saturated carbocycles. The molecule has 0 amide bonds. The van der Waals surface area contributed by atoms with Crippen molar-refractivity contribution in [3.8, 4) is 0 Å². The van der Waals surface area contributed by atoms with E-state index >= 15 is 0 Å². The smallest absolute Gasteiger partial charge is 0.284 e. The van der Waals surface area contributed by atoms with E-state index in [9.17, 15) is 16.8 Å². The highest BCUT2D eigenvalue weighted by Crippen LogP contribution is 2.19. The number of amidine groups is 1. The maximum atomic E-state index is 12.9. The lowest BCUT2D eigenvalue weighted by molar-refractivity contribution is 0.576. The molecule has 4 aromatic carbocycles. The first-order valence-corrected chi connectivity index (χ1v) is 12.5. The molecule has 0 saturated heterocycles. The van der Waals surface area contributed by atoms with Crippen LogP contribution in [-0.4, -0.2) is 22.7 Å². The molecule has 4 rings (SSSR count). The Hall–Kier alpha value is -3.53. The van der Waals surface area contributed by atoms with E-state index in [2.05, 4.69) is 14.7 Å². The number of sulfonamides is 2. The number of hydrogen-bond donors (Lipinski definition) is 2. The molecule has 2 N–H and O–H groups in total. The van der Waals surface area contributed by atoms with Crippen molar-refractivity contribution in [1.29, 1.82) is 0 Å². The first-order chi connectivity index (χ1) is 15.4. The zero-order chi connectivity index (χ0) is 22.6. The Labute approximate surface area is 186 Å². The van der Waals surface area contributed by atoms with Crippen molar-refractivity contribution < 1.29 is 16.8 Å². The van der Waals surface area contributed by atoms with Gasteiger partial charge in [0.2, 0.25) is 0 Å². The fourth-order valence-electron chi connectivity index (χ4n) is 3.02. The quantitative estimate of drug-likeness (QED) is 0.258. The van der Waals surface area contributed by atoms with Gasteiger partial charge in [0.25, 0.3) is 20.0 Å². The Kier molecular flexibility index (Phi) is 6.04. The van der Waals surface area contributed by atoms with Crippen molar-refractivity contribution >= 4 is 36.7 Å². The fourth-order valence-corrected chi connectivity index (χ4v) is 4.89. The van der Waals surface area contributed by atoms with Crippen LogP contribution >= 0.6 is 0 Å². The second-order valence-corrected chi connectivity index (χ2v) is 10.1. The Bertz CT molecular complexity index is 1490. The third-order valence-electron chi connectivity index (χ3n) is 4.63. The first-order valence-electron chi connectivity index (χ1n) is 9.57. The van der Waals surface area contributed by atoms with Gasteiger partial charge in [0, 0.05) is 5.56 Å². The first kappa shape index (κ1) is 21.7. The Balaban J connectivity index is 1.67. The van der Waals surface area contributed by atoms with Gasteiger partial charge in [-0.25, -0.2) is 8.42 Å². The van der Waals surface area contributed by atoms with Crippen molar-refractivity contribution in [3.63, 3.8) is 0 Å². The van der Waals surface area contributed by atoms with Crippen molar-refractivity contribution in [2.75, 3.05) is 0 Å². The minimum Gasteiger partial charge on any atom is -0.291 e. The highest BCUT2D eigenvalue weighted by Gasteiger charge is 2.19. The van der Waals surface area contributed by atoms with E-state index in [1.165, 1.54) is 18.2 Å². The normalized spacial score (nSPS) is 12.6. The molecule has 0 atom stereocenters. The van der Waals surface area contributed by atoms with E-state index in [4.69, 9.17) is 0 Å². The molecule has 0 aliphatic carbocycles. The number of benzene rings is 4.